The average Bonchev–Trinajstić information content (AvgIpc) is 2.67. The van der Waals surface area contributed by atoms with Crippen molar-refractivity contribution in [2.24, 2.45) is 0 Å². The van der Waals surface area contributed by atoms with Crippen LogP contribution in [0.2, 0.25) is 0 Å². The molecule has 0 aliphatic carbocycles. The van der Waals surface area contributed by atoms with E-state index in [4.69, 9.17) is 9.47 Å². The van der Waals surface area contributed by atoms with Crippen molar-refractivity contribution < 1.29 is 19.1 Å². The summed E-state index contributed by atoms with van der Waals surface area (Å²) >= 11 is 0. The van der Waals surface area contributed by atoms with Gasteiger partial charge in [-0.05, 0) is 25.0 Å². The van der Waals surface area contributed by atoms with Gasteiger partial charge in [0.15, 0.2) is 6.61 Å². The van der Waals surface area contributed by atoms with Crippen LogP contribution in [0.25, 0.3) is 0 Å². The standard InChI is InChI=1S/C22H25NO4/c1-16-13-23(14-17(2)27-16)20(24)15-26-22(25)21(18-9-5-3-6-10-18)19-11-7-4-8-12-19/h3-12,16-17,21H,13-15H2,1-2H3/t16-,17-/m0/s1. The highest BCUT2D eigenvalue weighted by molar-refractivity contribution is 5.85. The van der Waals surface area contributed by atoms with Crippen molar-refractivity contribution in [3.05, 3.63) is 71.8 Å². The van der Waals surface area contributed by atoms with E-state index in [-0.39, 0.29) is 24.7 Å². The van der Waals surface area contributed by atoms with Gasteiger partial charge in [-0.1, -0.05) is 60.7 Å². The molecule has 1 saturated heterocycles. The summed E-state index contributed by atoms with van der Waals surface area (Å²) in [5.41, 5.74) is 1.68. The first-order chi connectivity index (χ1) is 13.0. The van der Waals surface area contributed by atoms with Gasteiger partial charge in [0.1, 0.15) is 5.92 Å². The van der Waals surface area contributed by atoms with E-state index in [1.807, 2.05) is 74.5 Å². The maximum Gasteiger partial charge on any atom is 0.318 e. The van der Waals surface area contributed by atoms with Crippen molar-refractivity contribution in [1.82, 2.24) is 4.90 Å². The Labute approximate surface area is 159 Å². The number of carbonyl (C=O) groups is 2. The second-order valence-electron chi connectivity index (χ2n) is 6.92. The largest absolute Gasteiger partial charge is 0.455 e. The Bertz CT molecular complexity index is 713. The van der Waals surface area contributed by atoms with Gasteiger partial charge in [-0.25, -0.2) is 0 Å². The van der Waals surface area contributed by atoms with Crippen molar-refractivity contribution in [2.45, 2.75) is 32.0 Å². The normalized spacial score (nSPS) is 19.7. The SMILES string of the molecule is C[C@H]1CN(C(=O)COC(=O)C(c2ccccc2)c2ccccc2)C[C@H](C)O1. The van der Waals surface area contributed by atoms with Crippen molar-refractivity contribution in [3.8, 4) is 0 Å². The molecule has 0 unspecified atom stereocenters. The average molecular weight is 367 g/mol. The Morgan fingerprint density at radius 2 is 1.44 bits per heavy atom. The van der Waals surface area contributed by atoms with Crippen LogP contribution >= 0.6 is 0 Å². The van der Waals surface area contributed by atoms with Crippen LogP contribution in [0.15, 0.2) is 60.7 Å². The second kappa shape index (κ2) is 8.82. The molecule has 1 aliphatic rings. The first-order valence-corrected chi connectivity index (χ1v) is 9.24. The highest BCUT2D eigenvalue weighted by Crippen LogP contribution is 2.26. The lowest BCUT2D eigenvalue weighted by Gasteiger charge is -2.35. The Hall–Kier alpha value is -2.66. The van der Waals surface area contributed by atoms with Gasteiger partial charge >= 0.3 is 5.97 Å². The molecule has 5 nitrogen and oxygen atoms in total. The van der Waals surface area contributed by atoms with Gasteiger partial charge in [0, 0.05) is 13.1 Å². The van der Waals surface area contributed by atoms with Crippen LogP contribution in [-0.2, 0) is 19.1 Å². The van der Waals surface area contributed by atoms with Gasteiger partial charge in [-0.15, -0.1) is 0 Å². The fourth-order valence-corrected chi connectivity index (χ4v) is 3.44. The molecule has 3 rings (SSSR count). The predicted molar refractivity (Wildman–Crippen MR) is 102 cm³/mol. The molecular weight excluding hydrogens is 342 g/mol. The zero-order valence-corrected chi connectivity index (χ0v) is 15.7. The highest BCUT2D eigenvalue weighted by Gasteiger charge is 2.28. The Morgan fingerprint density at radius 1 is 0.963 bits per heavy atom. The fourth-order valence-electron chi connectivity index (χ4n) is 3.44. The van der Waals surface area contributed by atoms with Gasteiger partial charge in [0.25, 0.3) is 5.91 Å². The monoisotopic (exact) mass is 367 g/mol. The summed E-state index contributed by atoms with van der Waals surface area (Å²) in [5.74, 6) is -1.16. The first-order valence-electron chi connectivity index (χ1n) is 9.24. The van der Waals surface area contributed by atoms with E-state index in [0.29, 0.717) is 13.1 Å². The molecule has 0 spiro atoms. The number of esters is 1. The van der Waals surface area contributed by atoms with Crippen LogP contribution in [0.5, 0.6) is 0 Å². The van der Waals surface area contributed by atoms with E-state index in [9.17, 15) is 9.59 Å². The zero-order chi connectivity index (χ0) is 19.2. The van der Waals surface area contributed by atoms with Crippen LogP contribution in [-0.4, -0.2) is 48.7 Å². The van der Waals surface area contributed by atoms with E-state index in [1.165, 1.54) is 0 Å². The Morgan fingerprint density at radius 3 is 1.93 bits per heavy atom. The number of benzene rings is 2. The molecular formula is C22H25NO4. The predicted octanol–water partition coefficient (Wildman–Crippen LogP) is 3.00. The lowest BCUT2D eigenvalue weighted by Crippen LogP contribution is -2.49. The van der Waals surface area contributed by atoms with Crippen LogP contribution < -0.4 is 0 Å². The van der Waals surface area contributed by atoms with Crippen LogP contribution in [0.1, 0.15) is 30.9 Å². The molecule has 1 fully saturated rings. The number of amides is 1. The van der Waals surface area contributed by atoms with E-state index in [2.05, 4.69) is 0 Å². The molecule has 0 radical (unpaired) electrons. The van der Waals surface area contributed by atoms with Gasteiger partial charge < -0.3 is 14.4 Å². The summed E-state index contributed by atoms with van der Waals surface area (Å²) in [6.07, 6.45) is -0.0374. The minimum Gasteiger partial charge on any atom is -0.455 e. The Kier molecular flexibility index (Phi) is 6.24. The number of ether oxygens (including phenoxy) is 2. The van der Waals surface area contributed by atoms with Gasteiger partial charge in [0.05, 0.1) is 12.2 Å². The maximum atomic E-state index is 12.8. The van der Waals surface area contributed by atoms with Crippen molar-refractivity contribution in [2.75, 3.05) is 19.7 Å². The lowest BCUT2D eigenvalue weighted by atomic mass is 9.91. The molecule has 2 atom stereocenters. The fraction of sp³-hybridized carbons (Fsp3) is 0.364. The van der Waals surface area contributed by atoms with Gasteiger partial charge in [-0.3, -0.25) is 9.59 Å². The number of rotatable bonds is 5. The van der Waals surface area contributed by atoms with Crippen LogP contribution in [0.3, 0.4) is 0 Å². The summed E-state index contributed by atoms with van der Waals surface area (Å²) < 4.78 is 11.1. The van der Waals surface area contributed by atoms with E-state index < -0.39 is 11.9 Å². The number of morpholine rings is 1. The molecule has 1 aliphatic heterocycles. The Balaban J connectivity index is 1.69. The topological polar surface area (TPSA) is 55.8 Å². The lowest BCUT2D eigenvalue weighted by molar-refractivity contribution is -0.157. The number of carbonyl (C=O) groups excluding carboxylic acids is 2. The molecule has 5 heteroatoms. The van der Waals surface area contributed by atoms with Crippen molar-refractivity contribution in [3.63, 3.8) is 0 Å². The third kappa shape index (κ3) is 4.95. The van der Waals surface area contributed by atoms with E-state index in [0.717, 1.165) is 11.1 Å². The molecule has 0 aromatic heterocycles. The van der Waals surface area contributed by atoms with Crippen LogP contribution in [0.4, 0.5) is 0 Å². The molecule has 27 heavy (non-hydrogen) atoms. The third-order valence-electron chi connectivity index (χ3n) is 4.61. The molecule has 2 aromatic rings. The minimum atomic E-state index is -0.553. The van der Waals surface area contributed by atoms with Crippen molar-refractivity contribution in [1.29, 1.82) is 0 Å². The van der Waals surface area contributed by atoms with Gasteiger partial charge in [0.2, 0.25) is 0 Å². The summed E-state index contributed by atoms with van der Waals surface area (Å²) in [6.45, 7) is 4.64. The second-order valence-corrected chi connectivity index (χ2v) is 6.92. The molecule has 2 aromatic carbocycles. The smallest absolute Gasteiger partial charge is 0.318 e. The van der Waals surface area contributed by atoms with Gasteiger partial charge in [-0.2, -0.15) is 0 Å². The zero-order valence-electron chi connectivity index (χ0n) is 15.7. The third-order valence-corrected chi connectivity index (χ3v) is 4.61. The molecule has 0 N–H and O–H groups in total. The van der Waals surface area contributed by atoms with E-state index >= 15 is 0 Å². The molecule has 142 valence electrons. The minimum absolute atomic E-state index is 0.0187. The number of nitrogens with zero attached hydrogens (tertiary/aromatic N) is 1. The molecule has 0 bridgehead atoms. The summed E-state index contributed by atoms with van der Waals surface area (Å²) in [6, 6.07) is 18.9. The van der Waals surface area contributed by atoms with Crippen LogP contribution in [0, 0.1) is 0 Å². The highest BCUT2D eigenvalue weighted by atomic mass is 16.5. The summed E-state index contributed by atoms with van der Waals surface area (Å²) in [5, 5.41) is 0. The molecule has 1 heterocycles. The molecule has 1 amide bonds. The molecule has 0 saturated carbocycles. The summed E-state index contributed by atoms with van der Waals surface area (Å²) in [7, 11) is 0. The maximum absolute atomic E-state index is 12.8. The first kappa shape index (κ1) is 19.1. The summed E-state index contributed by atoms with van der Waals surface area (Å²) in [4.78, 5) is 27.0. The van der Waals surface area contributed by atoms with E-state index in [1.54, 1.807) is 4.90 Å². The number of hydrogen-bond donors (Lipinski definition) is 0. The quantitative estimate of drug-likeness (QED) is 0.763. The number of hydrogen-bond acceptors (Lipinski definition) is 4. The van der Waals surface area contributed by atoms with Crippen molar-refractivity contribution >= 4 is 11.9 Å².